The van der Waals surface area contributed by atoms with Gasteiger partial charge in [-0.3, -0.25) is 4.79 Å². The molecule has 188 valence electrons. The summed E-state index contributed by atoms with van der Waals surface area (Å²) in [5.41, 5.74) is 4.31. The molecule has 1 fully saturated rings. The number of hydrogen-bond donors (Lipinski definition) is 0. The Hall–Kier alpha value is -3.25. The van der Waals surface area contributed by atoms with Crippen molar-refractivity contribution in [1.29, 1.82) is 0 Å². The summed E-state index contributed by atoms with van der Waals surface area (Å²) < 4.78 is 16.9. The molecule has 2 aliphatic rings. The fraction of sp³-hybridized carbons (Fsp3) is 0.379. The summed E-state index contributed by atoms with van der Waals surface area (Å²) in [7, 11) is 0. The lowest BCUT2D eigenvalue weighted by molar-refractivity contribution is -0.134. The van der Waals surface area contributed by atoms with Gasteiger partial charge in [-0.2, -0.15) is 0 Å². The molecule has 3 heterocycles. The Balaban J connectivity index is 1.13. The lowest BCUT2D eigenvalue weighted by atomic mass is 9.90. The van der Waals surface area contributed by atoms with Gasteiger partial charge in [0.2, 0.25) is 6.79 Å². The number of carbonyl (C=O) groups excluding carboxylic acids is 1. The number of benzene rings is 2. The number of carbonyl (C=O) groups is 1. The summed E-state index contributed by atoms with van der Waals surface area (Å²) in [4.78, 5) is 19.1. The number of pyridine rings is 1. The predicted octanol–water partition coefficient (Wildman–Crippen LogP) is 5.94. The van der Waals surface area contributed by atoms with E-state index in [0.717, 1.165) is 67.8 Å². The van der Waals surface area contributed by atoms with E-state index >= 15 is 0 Å². The van der Waals surface area contributed by atoms with Crippen molar-refractivity contribution >= 4 is 17.5 Å². The van der Waals surface area contributed by atoms with Crippen LogP contribution in [0.15, 0.2) is 54.7 Å². The molecule has 0 spiro atoms. The summed E-state index contributed by atoms with van der Waals surface area (Å²) >= 11 is 5.97. The van der Waals surface area contributed by atoms with Gasteiger partial charge in [-0.1, -0.05) is 30.7 Å². The minimum atomic E-state index is 0.0291. The van der Waals surface area contributed by atoms with E-state index in [1.807, 2.05) is 29.2 Å². The number of hydrogen-bond acceptors (Lipinski definition) is 5. The maximum absolute atomic E-state index is 12.9. The Morgan fingerprint density at radius 1 is 1.06 bits per heavy atom. The number of aryl methyl sites for hydroxylation is 2. The van der Waals surface area contributed by atoms with Gasteiger partial charge in [0, 0.05) is 30.4 Å². The van der Waals surface area contributed by atoms with Gasteiger partial charge in [-0.15, -0.1) is 0 Å². The van der Waals surface area contributed by atoms with Crippen molar-refractivity contribution in [1.82, 2.24) is 9.88 Å². The number of rotatable bonds is 8. The largest absolute Gasteiger partial charge is 0.483 e. The zero-order valence-corrected chi connectivity index (χ0v) is 21.3. The van der Waals surface area contributed by atoms with Crippen LogP contribution in [0.2, 0.25) is 5.15 Å². The van der Waals surface area contributed by atoms with Gasteiger partial charge < -0.3 is 19.1 Å². The SMILES string of the molecule is CCc1ccc(OCC(=O)N2CCC(CCc3ccc4c(c3)OCO4)CC2)c(-c2ccc(Cl)nc2)c1. The first-order valence-electron chi connectivity index (χ1n) is 12.6. The van der Waals surface area contributed by atoms with Crippen molar-refractivity contribution in [3.63, 3.8) is 0 Å². The molecule has 1 amide bonds. The number of nitrogens with zero attached hydrogens (tertiary/aromatic N) is 2. The Morgan fingerprint density at radius 3 is 2.64 bits per heavy atom. The molecule has 2 aliphatic heterocycles. The van der Waals surface area contributed by atoms with E-state index in [1.165, 1.54) is 11.1 Å². The first kappa shape index (κ1) is 24.4. The molecule has 7 heteroatoms. The average Bonchev–Trinajstić information content (AvgIpc) is 3.39. The zero-order valence-electron chi connectivity index (χ0n) is 20.5. The molecule has 0 saturated carbocycles. The van der Waals surface area contributed by atoms with Gasteiger partial charge in [0.1, 0.15) is 10.9 Å². The molecule has 0 radical (unpaired) electrons. The molecule has 36 heavy (non-hydrogen) atoms. The fourth-order valence-electron chi connectivity index (χ4n) is 4.85. The molecule has 1 aromatic heterocycles. The van der Waals surface area contributed by atoms with E-state index in [1.54, 1.807) is 12.3 Å². The number of piperidine rings is 1. The van der Waals surface area contributed by atoms with E-state index in [0.29, 0.717) is 23.6 Å². The van der Waals surface area contributed by atoms with Crippen molar-refractivity contribution in [2.24, 2.45) is 5.92 Å². The summed E-state index contributed by atoms with van der Waals surface area (Å²) in [5.74, 6) is 3.00. The molecule has 5 rings (SSSR count). The van der Waals surface area contributed by atoms with Gasteiger partial charge in [0.15, 0.2) is 18.1 Å². The molecule has 0 atom stereocenters. The van der Waals surface area contributed by atoms with E-state index in [4.69, 9.17) is 25.8 Å². The third-order valence-electron chi connectivity index (χ3n) is 7.09. The van der Waals surface area contributed by atoms with Gasteiger partial charge in [0.25, 0.3) is 5.91 Å². The van der Waals surface area contributed by atoms with Gasteiger partial charge >= 0.3 is 0 Å². The summed E-state index contributed by atoms with van der Waals surface area (Å²) in [6, 6.07) is 16.0. The first-order chi connectivity index (χ1) is 17.6. The van der Waals surface area contributed by atoms with E-state index in [2.05, 4.69) is 30.1 Å². The van der Waals surface area contributed by atoms with Crippen LogP contribution in [-0.2, 0) is 17.6 Å². The van der Waals surface area contributed by atoms with Crippen molar-refractivity contribution in [2.45, 2.75) is 39.0 Å². The maximum Gasteiger partial charge on any atom is 0.260 e. The Kier molecular flexibility index (Phi) is 7.61. The molecule has 2 aromatic carbocycles. The fourth-order valence-corrected chi connectivity index (χ4v) is 4.96. The molecular formula is C29H31ClN2O4. The van der Waals surface area contributed by atoms with Crippen LogP contribution in [0.4, 0.5) is 0 Å². The number of ether oxygens (including phenoxy) is 3. The molecule has 0 bridgehead atoms. The highest BCUT2D eigenvalue weighted by molar-refractivity contribution is 6.29. The second kappa shape index (κ2) is 11.2. The number of aromatic nitrogens is 1. The molecule has 1 saturated heterocycles. The molecule has 0 unspecified atom stereocenters. The van der Waals surface area contributed by atoms with Crippen LogP contribution in [-0.4, -0.2) is 42.3 Å². The van der Waals surface area contributed by atoms with Gasteiger partial charge in [-0.05, 0) is 85.5 Å². The molecule has 0 N–H and O–H groups in total. The Bertz CT molecular complexity index is 1210. The third-order valence-corrected chi connectivity index (χ3v) is 7.31. The molecule has 0 aliphatic carbocycles. The quantitative estimate of drug-likeness (QED) is 0.354. The predicted molar refractivity (Wildman–Crippen MR) is 140 cm³/mol. The number of likely N-dealkylation sites (tertiary alicyclic amines) is 1. The minimum absolute atomic E-state index is 0.0291. The van der Waals surface area contributed by atoms with E-state index in [-0.39, 0.29) is 12.5 Å². The molecule has 3 aromatic rings. The van der Waals surface area contributed by atoms with Crippen LogP contribution < -0.4 is 14.2 Å². The summed E-state index contributed by atoms with van der Waals surface area (Å²) in [6.45, 7) is 4.00. The second-order valence-corrected chi connectivity index (χ2v) is 9.78. The van der Waals surface area contributed by atoms with Crippen LogP contribution in [0.3, 0.4) is 0 Å². The zero-order chi connectivity index (χ0) is 24.9. The first-order valence-corrected chi connectivity index (χ1v) is 13.0. The summed E-state index contributed by atoms with van der Waals surface area (Å²) in [5, 5.41) is 0.447. The monoisotopic (exact) mass is 506 g/mol. The highest BCUT2D eigenvalue weighted by Crippen LogP contribution is 2.34. The second-order valence-electron chi connectivity index (χ2n) is 9.39. The van der Waals surface area contributed by atoms with Crippen molar-refractivity contribution < 1.29 is 19.0 Å². The average molecular weight is 507 g/mol. The number of fused-ring (bicyclic) bond motifs is 1. The van der Waals surface area contributed by atoms with Crippen LogP contribution in [0, 0.1) is 5.92 Å². The van der Waals surface area contributed by atoms with Crippen LogP contribution >= 0.6 is 11.6 Å². The van der Waals surface area contributed by atoms with Gasteiger partial charge in [-0.25, -0.2) is 4.98 Å². The van der Waals surface area contributed by atoms with Crippen molar-refractivity contribution in [3.8, 4) is 28.4 Å². The van der Waals surface area contributed by atoms with Crippen molar-refractivity contribution in [3.05, 3.63) is 71.0 Å². The highest BCUT2D eigenvalue weighted by atomic mass is 35.5. The normalized spacial score (nSPS) is 15.2. The van der Waals surface area contributed by atoms with E-state index in [9.17, 15) is 4.79 Å². The standard InChI is InChI=1S/C29H31ClN2O4/c1-2-20-5-8-25(24(15-20)23-7-10-28(30)31-17-23)34-18-29(33)32-13-11-21(12-14-32)3-4-22-6-9-26-27(16-22)36-19-35-26/h5-10,15-17,21H,2-4,11-14,18-19H2,1H3. The molecular weight excluding hydrogens is 476 g/mol. The smallest absolute Gasteiger partial charge is 0.260 e. The highest BCUT2D eigenvalue weighted by Gasteiger charge is 2.24. The topological polar surface area (TPSA) is 60.9 Å². The third kappa shape index (κ3) is 5.76. The Labute approximate surface area is 217 Å². The number of amides is 1. The van der Waals surface area contributed by atoms with E-state index < -0.39 is 0 Å². The lowest BCUT2D eigenvalue weighted by Crippen LogP contribution is -2.41. The summed E-state index contributed by atoms with van der Waals surface area (Å²) in [6.07, 6.45) is 6.80. The lowest BCUT2D eigenvalue weighted by Gasteiger charge is -2.32. The van der Waals surface area contributed by atoms with Gasteiger partial charge in [0.05, 0.1) is 0 Å². The minimum Gasteiger partial charge on any atom is -0.483 e. The Morgan fingerprint density at radius 2 is 1.86 bits per heavy atom. The maximum atomic E-state index is 12.9. The number of halogens is 1. The van der Waals surface area contributed by atoms with Crippen molar-refractivity contribution in [2.75, 3.05) is 26.5 Å². The van der Waals surface area contributed by atoms with Crippen LogP contribution in [0.25, 0.3) is 11.1 Å². The van der Waals surface area contributed by atoms with Crippen LogP contribution in [0.1, 0.15) is 37.3 Å². The van der Waals surface area contributed by atoms with Crippen LogP contribution in [0.5, 0.6) is 17.2 Å². The molecule has 6 nitrogen and oxygen atoms in total.